The molecule has 3 atom stereocenters. The second-order valence-corrected chi connectivity index (χ2v) is 6.38. The summed E-state index contributed by atoms with van der Waals surface area (Å²) in [6.45, 7) is 2.05. The minimum absolute atomic E-state index is 0.0740. The van der Waals surface area contributed by atoms with Crippen LogP contribution in [0.25, 0.3) is 0 Å². The molecule has 1 saturated heterocycles. The Balaban J connectivity index is 2.14. The first kappa shape index (κ1) is 11.6. The molecule has 3 rings (SSSR count). The van der Waals surface area contributed by atoms with Crippen LogP contribution in [-0.4, -0.2) is 22.4 Å². The number of hydrogen-bond acceptors (Lipinski definition) is 3. The molecule has 0 saturated carbocycles. The van der Waals surface area contributed by atoms with E-state index in [0.29, 0.717) is 0 Å². The van der Waals surface area contributed by atoms with E-state index in [1.165, 1.54) is 5.56 Å². The summed E-state index contributed by atoms with van der Waals surface area (Å²) in [7, 11) is 1.80. The predicted molar refractivity (Wildman–Crippen MR) is 73.0 cm³/mol. The highest BCUT2D eigenvalue weighted by Crippen LogP contribution is 2.55. The maximum Gasteiger partial charge on any atom is 0.111 e. The zero-order chi connectivity index (χ0) is 12.2. The molecule has 1 aromatic carbocycles. The topological polar surface area (TPSA) is 32.6 Å². The molecule has 1 aromatic rings. The predicted octanol–water partition coefficient (Wildman–Crippen LogP) is 2.86. The molecular weight excluding hydrogens is 254 g/mol. The zero-order valence-electron chi connectivity index (χ0n) is 9.77. The monoisotopic (exact) mass is 267 g/mol. The molecule has 0 amide bonds. The van der Waals surface area contributed by atoms with Gasteiger partial charge < -0.3 is 5.11 Å². The number of thioether (sulfide) groups is 1. The summed E-state index contributed by atoms with van der Waals surface area (Å²) in [4.78, 5) is 4.28. The van der Waals surface area contributed by atoms with Crippen LogP contribution in [0, 0.1) is 5.92 Å². The van der Waals surface area contributed by atoms with Crippen molar-refractivity contribution in [2.75, 3.05) is 7.05 Å². The summed E-state index contributed by atoms with van der Waals surface area (Å²) in [6.07, 6.45) is 0.875. The van der Waals surface area contributed by atoms with Crippen LogP contribution >= 0.6 is 23.4 Å². The zero-order valence-corrected chi connectivity index (χ0v) is 11.3. The summed E-state index contributed by atoms with van der Waals surface area (Å²) in [6, 6.07) is 5.80. The van der Waals surface area contributed by atoms with Crippen LogP contribution in [0.3, 0.4) is 0 Å². The van der Waals surface area contributed by atoms with Gasteiger partial charge in [-0.05, 0) is 29.7 Å². The van der Waals surface area contributed by atoms with Crippen molar-refractivity contribution >= 4 is 28.4 Å². The first-order valence-electron chi connectivity index (χ1n) is 5.72. The standard InChI is InChI=1S/C13H14ClNOS/c1-7-12(15-2)17-11-6-8-5-9(14)3-4-10(8)13(7,11)16/h3-5,7,11,16H,6H2,1-2H3. The first-order valence-corrected chi connectivity index (χ1v) is 6.97. The largest absolute Gasteiger partial charge is 0.383 e. The number of aliphatic imine (C=N–C) groups is 1. The van der Waals surface area contributed by atoms with E-state index < -0.39 is 5.60 Å². The molecule has 0 radical (unpaired) electrons. The van der Waals surface area contributed by atoms with E-state index in [1.807, 2.05) is 18.2 Å². The molecule has 2 nitrogen and oxygen atoms in total. The summed E-state index contributed by atoms with van der Waals surface area (Å²) in [5.74, 6) is 0.0740. The maximum atomic E-state index is 11.0. The van der Waals surface area contributed by atoms with E-state index in [4.69, 9.17) is 11.6 Å². The quantitative estimate of drug-likeness (QED) is 0.784. The van der Waals surface area contributed by atoms with Gasteiger partial charge in [0, 0.05) is 23.2 Å². The van der Waals surface area contributed by atoms with Crippen LogP contribution in [0.5, 0.6) is 0 Å². The Hall–Kier alpha value is -0.510. The van der Waals surface area contributed by atoms with Crippen molar-refractivity contribution in [3.63, 3.8) is 0 Å². The number of halogens is 1. The second-order valence-electron chi connectivity index (χ2n) is 4.72. The summed E-state index contributed by atoms with van der Waals surface area (Å²) < 4.78 is 0. The van der Waals surface area contributed by atoms with Gasteiger partial charge in [-0.25, -0.2) is 0 Å². The molecule has 1 fully saturated rings. The second kappa shape index (κ2) is 3.74. The molecule has 1 aliphatic heterocycles. The molecule has 17 heavy (non-hydrogen) atoms. The van der Waals surface area contributed by atoms with Gasteiger partial charge in [0.05, 0.1) is 5.04 Å². The lowest BCUT2D eigenvalue weighted by molar-refractivity contribution is 0.0213. The molecule has 1 heterocycles. The van der Waals surface area contributed by atoms with E-state index in [9.17, 15) is 5.11 Å². The molecule has 90 valence electrons. The molecule has 3 unspecified atom stereocenters. The van der Waals surface area contributed by atoms with Gasteiger partial charge in [0.15, 0.2) is 0 Å². The highest BCUT2D eigenvalue weighted by Gasteiger charge is 2.56. The Bertz CT molecular complexity index is 516. The minimum Gasteiger partial charge on any atom is -0.383 e. The summed E-state index contributed by atoms with van der Waals surface area (Å²) >= 11 is 7.71. The molecule has 0 aromatic heterocycles. The van der Waals surface area contributed by atoms with Crippen molar-refractivity contribution in [3.8, 4) is 0 Å². The molecule has 0 spiro atoms. The molecule has 1 aliphatic carbocycles. The third-order valence-electron chi connectivity index (χ3n) is 3.91. The lowest BCUT2D eigenvalue weighted by Crippen LogP contribution is -2.36. The van der Waals surface area contributed by atoms with Gasteiger partial charge in [-0.3, -0.25) is 4.99 Å². The Morgan fingerprint density at radius 1 is 1.53 bits per heavy atom. The molecule has 4 heteroatoms. The Kier molecular flexibility index (Phi) is 2.55. The lowest BCUT2D eigenvalue weighted by Gasteiger charge is -2.27. The maximum absolute atomic E-state index is 11.0. The summed E-state index contributed by atoms with van der Waals surface area (Å²) in [5.41, 5.74) is 1.45. The van der Waals surface area contributed by atoms with E-state index in [-0.39, 0.29) is 11.2 Å². The lowest BCUT2D eigenvalue weighted by atomic mass is 9.84. The van der Waals surface area contributed by atoms with E-state index in [1.54, 1.807) is 18.8 Å². The highest BCUT2D eigenvalue weighted by atomic mass is 35.5. The fourth-order valence-corrected chi connectivity index (χ4v) is 4.73. The Labute approximate surface area is 110 Å². The van der Waals surface area contributed by atoms with Gasteiger partial charge in [-0.15, -0.1) is 11.8 Å². The number of rotatable bonds is 0. The number of hydrogen-bond donors (Lipinski definition) is 1. The minimum atomic E-state index is -0.764. The van der Waals surface area contributed by atoms with Crippen molar-refractivity contribution in [3.05, 3.63) is 34.3 Å². The van der Waals surface area contributed by atoms with Crippen LogP contribution < -0.4 is 0 Å². The van der Waals surface area contributed by atoms with Gasteiger partial charge in [0.1, 0.15) is 5.60 Å². The number of nitrogens with zero attached hydrogens (tertiary/aromatic N) is 1. The molecule has 0 bridgehead atoms. The first-order chi connectivity index (χ1) is 8.07. The third kappa shape index (κ3) is 1.42. The van der Waals surface area contributed by atoms with Crippen LogP contribution in [0.2, 0.25) is 5.02 Å². The number of benzene rings is 1. The Morgan fingerprint density at radius 2 is 2.29 bits per heavy atom. The van der Waals surface area contributed by atoms with Crippen LogP contribution in [0.4, 0.5) is 0 Å². The molecular formula is C13H14ClNOS. The van der Waals surface area contributed by atoms with Gasteiger partial charge >= 0.3 is 0 Å². The van der Waals surface area contributed by atoms with E-state index >= 15 is 0 Å². The number of fused-ring (bicyclic) bond motifs is 3. The number of aliphatic hydroxyl groups is 1. The van der Waals surface area contributed by atoms with Gasteiger partial charge in [-0.2, -0.15) is 0 Å². The normalized spacial score (nSPS) is 37.3. The smallest absolute Gasteiger partial charge is 0.111 e. The fourth-order valence-electron chi connectivity index (χ4n) is 2.98. The van der Waals surface area contributed by atoms with Gasteiger partial charge in [0.25, 0.3) is 0 Å². The third-order valence-corrected chi connectivity index (χ3v) is 5.73. The summed E-state index contributed by atoms with van der Waals surface area (Å²) in [5, 5.41) is 13.0. The average Bonchev–Trinajstić information content (AvgIpc) is 2.70. The van der Waals surface area contributed by atoms with Crippen molar-refractivity contribution < 1.29 is 5.11 Å². The van der Waals surface area contributed by atoms with E-state index in [2.05, 4.69) is 11.9 Å². The Morgan fingerprint density at radius 3 is 3.00 bits per heavy atom. The van der Waals surface area contributed by atoms with Crippen LogP contribution in [-0.2, 0) is 12.0 Å². The van der Waals surface area contributed by atoms with Gasteiger partial charge in [0.2, 0.25) is 0 Å². The average molecular weight is 268 g/mol. The highest BCUT2D eigenvalue weighted by molar-refractivity contribution is 8.15. The fraction of sp³-hybridized carbons (Fsp3) is 0.462. The SMILES string of the molecule is CN=C1SC2Cc3cc(Cl)ccc3C2(O)C1C. The van der Waals surface area contributed by atoms with Crippen LogP contribution in [0.1, 0.15) is 18.1 Å². The molecule has 2 aliphatic rings. The van der Waals surface area contributed by atoms with Crippen molar-refractivity contribution in [2.24, 2.45) is 10.9 Å². The van der Waals surface area contributed by atoms with Crippen molar-refractivity contribution in [1.29, 1.82) is 0 Å². The molecule has 1 N–H and O–H groups in total. The van der Waals surface area contributed by atoms with Crippen LogP contribution in [0.15, 0.2) is 23.2 Å². The van der Waals surface area contributed by atoms with Crippen molar-refractivity contribution in [1.82, 2.24) is 0 Å². The van der Waals surface area contributed by atoms with Gasteiger partial charge in [-0.1, -0.05) is 24.6 Å². The van der Waals surface area contributed by atoms with E-state index in [0.717, 1.165) is 22.1 Å². The van der Waals surface area contributed by atoms with Crippen molar-refractivity contribution in [2.45, 2.75) is 24.2 Å².